The lowest BCUT2D eigenvalue weighted by molar-refractivity contribution is -0.145. The molecule has 0 bridgehead atoms. The van der Waals surface area contributed by atoms with Crippen molar-refractivity contribution in [2.75, 3.05) is 13.7 Å². The van der Waals surface area contributed by atoms with Crippen LogP contribution in [0.1, 0.15) is 32.7 Å². The van der Waals surface area contributed by atoms with Crippen molar-refractivity contribution in [1.29, 1.82) is 0 Å². The second kappa shape index (κ2) is 7.75. The van der Waals surface area contributed by atoms with Crippen LogP contribution >= 0.6 is 0 Å². The number of esters is 1. The maximum absolute atomic E-state index is 12.3. The number of carbonyl (C=O) groups is 3. The Balaban J connectivity index is 1.33. The van der Waals surface area contributed by atoms with Crippen LogP contribution in [0, 0.1) is 0 Å². The van der Waals surface area contributed by atoms with Crippen LogP contribution in [0.5, 0.6) is 5.75 Å². The maximum atomic E-state index is 12.3. The number of amides is 2. The second-order valence-corrected chi connectivity index (χ2v) is 6.77. The van der Waals surface area contributed by atoms with E-state index in [1.54, 1.807) is 31.4 Å². The number of hydrogen-bond donors (Lipinski definition) is 0. The summed E-state index contributed by atoms with van der Waals surface area (Å²) in [6.45, 7) is 0.131. The van der Waals surface area contributed by atoms with E-state index in [0.717, 1.165) is 27.0 Å². The summed E-state index contributed by atoms with van der Waals surface area (Å²) in [5.74, 6) is -0.423. The molecule has 1 heterocycles. The van der Waals surface area contributed by atoms with Gasteiger partial charge in [-0.2, -0.15) is 0 Å². The van der Waals surface area contributed by atoms with Crippen molar-refractivity contribution in [3.8, 4) is 5.75 Å². The van der Waals surface area contributed by atoms with E-state index in [4.69, 9.17) is 9.47 Å². The summed E-state index contributed by atoms with van der Waals surface area (Å²) in [4.78, 5) is 37.8. The molecular weight excluding hydrogens is 370 g/mol. The van der Waals surface area contributed by atoms with Gasteiger partial charge in [0.2, 0.25) is 0 Å². The number of hydrogen-bond acceptors (Lipinski definition) is 5. The lowest BCUT2D eigenvalue weighted by Crippen LogP contribution is -2.32. The third-order valence-corrected chi connectivity index (χ3v) is 4.93. The van der Waals surface area contributed by atoms with E-state index in [2.05, 4.69) is 0 Å². The Kier molecular flexibility index (Phi) is 4.99. The Hall–Kier alpha value is -3.67. The zero-order chi connectivity index (χ0) is 20.4. The molecule has 29 heavy (non-hydrogen) atoms. The predicted octanol–water partition coefficient (Wildman–Crippen LogP) is 3.58. The van der Waals surface area contributed by atoms with Gasteiger partial charge < -0.3 is 9.47 Å². The number of benzene rings is 3. The first-order chi connectivity index (χ1) is 14.1. The summed E-state index contributed by atoms with van der Waals surface area (Å²) in [7, 11) is 1.62. The molecule has 0 saturated heterocycles. The van der Waals surface area contributed by atoms with Crippen molar-refractivity contribution in [2.24, 2.45) is 0 Å². The average molecular weight is 389 g/mol. The van der Waals surface area contributed by atoms with Crippen LogP contribution in [0.25, 0.3) is 10.8 Å². The Labute approximate surface area is 167 Å². The van der Waals surface area contributed by atoms with Gasteiger partial charge in [0.1, 0.15) is 12.4 Å². The Morgan fingerprint density at radius 3 is 2.24 bits per heavy atom. The fourth-order valence-electron chi connectivity index (χ4n) is 3.37. The van der Waals surface area contributed by atoms with E-state index in [1.807, 2.05) is 36.4 Å². The largest absolute Gasteiger partial charge is 0.497 e. The van der Waals surface area contributed by atoms with Gasteiger partial charge in [-0.25, -0.2) is 0 Å². The van der Waals surface area contributed by atoms with E-state index < -0.39 is 5.97 Å². The zero-order valence-corrected chi connectivity index (χ0v) is 15.9. The molecule has 0 aliphatic carbocycles. The third-order valence-electron chi connectivity index (χ3n) is 4.93. The first-order valence-corrected chi connectivity index (χ1v) is 9.24. The monoisotopic (exact) mass is 389 g/mol. The molecule has 0 spiro atoms. The molecule has 1 aliphatic heterocycles. The number of carbonyl (C=O) groups excluding carboxylic acids is 3. The van der Waals surface area contributed by atoms with Gasteiger partial charge in [-0.05, 0) is 46.7 Å². The molecule has 0 aromatic heterocycles. The van der Waals surface area contributed by atoms with Crippen molar-refractivity contribution < 1.29 is 23.9 Å². The number of fused-ring (bicyclic) bond motifs is 2. The van der Waals surface area contributed by atoms with Crippen LogP contribution in [0.2, 0.25) is 0 Å². The Morgan fingerprint density at radius 2 is 1.55 bits per heavy atom. The maximum Gasteiger partial charge on any atom is 0.307 e. The molecule has 0 saturated carbocycles. The highest BCUT2D eigenvalue weighted by molar-refractivity contribution is 6.21. The molecule has 6 nitrogen and oxygen atoms in total. The average Bonchev–Trinajstić information content (AvgIpc) is 3.00. The number of ether oxygens (including phenoxy) is 2. The quantitative estimate of drug-likeness (QED) is 0.476. The molecule has 0 atom stereocenters. The zero-order valence-electron chi connectivity index (χ0n) is 15.9. The summed E-state index contributed by atoms with van der Waals surface area (Å²) >= 11 is 0. The van der Waals surface area contributed by atoms with Crippen molar-refractivity contribution in [2.45, 2.75) is 13.0 Å². The summed E-state index contributed by atoms with van der Waals surface area (Å²) in [6, 6.07) is 18.2. The lowest BCUT2D eigenvalue weighted by Gasteiger charge is -2.13. The van der Waals surface area contributed by atoms with Crippen LogP contribution in [0.15, 0.2) is 60.7 Å². The van der Waals surface area contributed by atoms with Crippen LogP contribution < -0.4 is 4.74 Å². The van der Waals surface area contributed by atoms with E-state index in [-0.39, 0.29) is 31.4 Å². The van der Waals surface area contributed by atoms with Crippen LogP contribution in [-0.4, -0.2) is 36.3 Å². The summed E-state index contributed by atoms with van der Waals surface area (Å²) in [5.41, 5.74) is 1.61. The van der Waals surface area contributed by atoms with Crippen molar-refractivity contribution in [3.63, 3.8) is 0 Å². The lowest BCUT2D eigenvalue weighted by atomic mass is 10.1. The van der Waals surface area contributed by atoms with Gasteiger partial charge in [-0.3, -0.25) is 19.3 Å². The van der Waals surface area contributed by atoms with Gasteiger partial charge in [-0.1, -0.05) is 30.3 Å². The van der Waals surface area contributed by atoms with Crippen molar-refractivity contribution >= 4 is 28.6 Å². The number of methoxy groups -OCH3 is 1. The van der Waals surface area contributed by atoms with Crippen LogP contribution in [0.3, 0.4) is 0 Å². The van der Waals surface area contributed by atoms with Crippen molar-refractivity contribution in [1.82, 2.24) is 4.90 Å². The van der Waals surface area contributed by atoms with Crippen molar-refractivity contribution in [3.05, 3.63) is 77.4 Å². The normalized spacial score (nSPS) is 12.9. The second-order valence-electron chi connectivity index (χ2n) is 6.77. The molecule has 3 aromatic rings. The fraction of sp³-hybridized carbons (Fsp3) is 0.174. The van der Waals surface area contributed by atoms with E-state index in [1.165, 1.54) is 0 Å². The molecule has 2 amide bonds. The summed E-state index contributed by atoms with van der Waals surface area (Å²) in [5, 5.41) is 2.05. The smallest absolute Gasteiger partial charge is 0.307 e. The third kappa shape index (κ3) is 3.69. The van der Waals surface area contributed by atoms with Gasteiger partial charge in [0, 0.05) is 6.54 Å². The fourth-order valence-corrected chi connectivity index (χ4v) is 3.37. The SMILES string of the molecule is COc1ccc2cc(COC(=O)CCN3C(=O)c4ccccc4C3=O)ccc2c1. The van der Waals surface area contributed by atoms with Gasteiger partial charge >= 0.3 is 5.97 Å². The molecule has 6 heteroatoms. The Bertz CT molecular complexity index is 1090. The minimum atomic E-state index is -0.462. The first kappa shape index (κ1) is 18.7. The number of rotatable bonds is 6. The van der Waals surface area contributed by atoms with Crippen LogP contribution in [0.4, 0.5) is 0 Å². The molecular formula is C23H19NO5. The number of nitrogens with zero attached hydrogens (tertiary/aromatic N) is 1. The highest BCUT2D eigenvalue weighted by Gasteiger charge is 2.35. The van der Waals surface area contributed by atoms with Gasteiger partial charge in [0.15, 0.2) is 0 Å². The molecule has 4 rings (SSSR count). The predicted molar refractivity (Wildman–Crippen MR) is 107 cm³/mol. The molecule has 146 valence electrons. The highest BCUT2D eigenvalue weighted by Crippen LogP contribution is 2.23. The Morgan fingerprint density at radius 1 is 0.897 bits per heavy atom. The molecule has 1 aliphatic rings. The first-order valence-electron chi connectivity index (χ1n) is 9.24. The minimum Gasteiger partial charge on any atom is -0.497 e. The minimum absolute atomic E-state index is 0.00267. The van der Waals surface area contributed by atoms with Gasteiger partial charge in [0.05, 0.1) is 24.7 Å². The molecule has 0 unspecified atom stereocenters. The molecule has 0 fully saturated rings. The summed E-state index contributed by atoms with van der Waals surface area (Å²) in [6.07, 6.45) is -0.0454. The topological polar surface area (TPSA) is 72.9 Å². The summed E-state index contributed by atoms with van der Waals surface area (Å²) < 4.78 is 10.5. The van der Waals surface area contributed by atoms with Gasteiger partial charge in [0.25, 0.3) is 11.8 Å². The van der Waals surface area contributed by atoms with E-state index in [9.17, 15) is 14.4 Å². The van der Waals surface area contributed by atoms with Gasteiger partial charge in [-0.15, -0.1) is 0 Å². The molecule has 3 aromatic carbocycles. The van der Waals surface area contributed by atoms with Crippen LogP contribution in [-0.2, 0) is 16.1 Å². The highest BCUT2D eigenvalue weighted by atomic mass is 16.5. The molecule has 0 radical (unpaired) electrons. The van der Waals surface area contributed by atoms with E-state index in [0.29, 0.717) is 11.1 Å². The number of imide groups is 1. The standard InChI is InChI=1S/C23H19NO5/c1-28-18-9-8-16-12-15(6-7-17(16)13-18)14-29-21(25)10-11-24-22(26)19-4-2-3-5-20(19)23(24)27/h2-9,12-13H,10-11,14H2,1H3. The molecule has 0 N–H and O–H groups in total. The van der Waals surface area contributed by atoms with E-state index >= 15 is 0 Å².